The van der Waals surface area contributed by atoms with Crippen molar-refractivity contribution in [3.05, 3.63) is 59.2 Å². The average molecular weight is 687 g/mol. The van der Waals surface area contributed by atoms with Gasteiger partial charge in [0, 0.05) is 33.8 Å². The van der Waals surface area contributed by atoms with Crippen molar-refractivity contribution in [2.24, 2.45) is 5.92 Å². The van der Waals surface area contributed by atoms with Gasteiger partial charge in [0.15, 0.2) is 18.9 Å². The number of rotatable bonds is 18. The van der Waals surface area contributed by atoms with Crippen molar-refractivity contribution in [3.8, 4) is 29.1 Å². The van der Waals surface area contributed by atoms with Gasteiger partial charge in [0.1, 0.15) is 29.5 Å². The minimum absolute atomic E-state index is 0.0126. The summed E-state index contributed by atoms with van der Waals surface area (Å²) < 4.78 is 45.6. The molecule has 1 saturated heterocycles. The lowest BCUT2D eigenvalue weighted by molar-refractivity contribution is -0.151. The Balaban J connectivity index is 1.71. The monoisotopic (exact) mass is 686 g/mol. The van der Waals surface area contributed by atoms with Gasteiger partial charge in [-0.2, -0.15) is 0 Å². The van der Waals surface area contributed by atoms with Gasteiger partial charge in [0.05, 0.1) is 39.1 Å². The zero-order chi connectivity index (χ0) is 35.3. The van der Waals surface area contributed by atoms with Gasteiger partial charge in [0.25, 0.3) is 0 Å². The molecule has 0 aromatic heterocycles. The van der Waals surface area contributed by atoms with E-state index in [9.17, 15) is 10.2 Å². The molecule has 2 N–H and O–H groups in total. The predicted molar refractivity (Wildman–Crippen MR) is 188 cm³/mol. The van der Waals surface area contributed by atoms with Crippen LogP contribution in [0, 0.1) is 17.8 Å². The molecule has 0 radical (unpaired) electrons. The van der Waals surface area contributed by atoms with Crippen LogP contribution >= 0.6 is 0 Å². The zero-order valence-corrected chi connectivity index (χ0v) is 30.9. The minimum Gasteiger partial charge on any atom is -0.497 e. The van der Waals surface area contributed by atoms with Crippen molar-refractivity contribution >= 4 is 14.1 Å². The lowest BCUT2D eigenvalue weighted by Crippen LogP contribution is -2.34. The highest BCUT2D eigenvalue weighted by Gasteiger charge is 2.43. The van der Waals surface area contributed by atoms with E-state index in [0.717, 1.165) is 17.4 Å². The van der Waals surface area contributed by atoms with Crippen LogP contribution in [0.15, 0.2) is 42.5 Å². The number of aliphatic hydroxyl groups excluding tert-OH is 2. The van der Waals surface area contributed by atoms with E-state index in [1.54, 1.807) is 20.3 Å². The quantitative estimate of drug-likeness (QED) is 0.107. The normalized spacial score (nSPS) is 19.4. The van der Waals surface area contributed by atoms with E-state index < -0.39 is 38.5 Å². The van der Waals surface area contributed by atoms with Crippen LogP contribution in [0.5, 0.6) is 17.2 Å². The lowest BCUT2D eigenvalue weighted by Gasteiger charge is -2.22. The molecule has 0 bridgehead atoms. The second-order valence-corrected chi connectivity index (χ2v) is 19.1. The van der Waals surface area contributed by atoms with Crippen LogP contribution in [0.2, 0.25) is 25.7 Å². The first-order valence-electron chi connectivity index (χ1n) is 16.3. The van der Waals surface area contributed by atoms with E-state index in [2.05, 4.69) is 31.5 Å². The summed E-state index contributed by atoms with van der Waals surface area (Å²) in [5.74, 6) is 6.78. The summed E-state index contributed by atoms with van der Waals surface area (Å²) in [6.45, 7) is 13.6. The Kier molecular flexibility index (Phi) is 15.4. The molecule has 10 nitrogen and oxygen atoms in total. The van der Waals surface area contributed by atoms with Gasteiger partial charge in [-0.3, -0.25) is 0 Å². The maximum Gasteiger partial charge on any atom is 0.188 e. The smallest absolute Gasteiger partial charge is 0.188 e. The molecule has 1 fully saturated rings. The van der Waals surface area contributed by atoms with Crippen LogP contribution < -0.4 is 14.2 Å². The van der Waals surface area contributed by atoms with Crippen LogP contribution in [0.4, 0.5) is 0 Å². The molecule has 0 aliphatic carbocycles. The molecule has 5 atom stereocenters. The maximum absolute atomic E-state index is 11.2. The lowest BCUT2D eigenvalue weighted by atomic mass is 10.0. The number of benzene rings is 2. The fraction of sp³-hybridized carbons (Fsp3) is 0.568. The Morgan fingerprint density at radius 3 is 2.33 bits per heavy atom. The Bertz CT molecular complexity index is 1360. The van der Waals surface area contributed by atoms with Gasteiger partial charge in [-0.05, 0) is 62.6 Å². The van der Waals surface area contributed by atoms with Crippen LogP contribution in [-0.2, 0) is 30.3 Å². The van der Waals surface area contributed by atoms with E-state index in [1.165, 1.54) is 7.11 Å². The molecule has 266 valence electrons. The molecule has 0 spiro atoms. The molecule has 2 aromatic carbocycles. The minimum atomic E-state index is -1.37. The Hall–Kier alpha value is -2.92. The molecule has 48 heavy (non-hydrogen) atoms. The first-order valence-corrected chi connectivity index (χ1v) is 20.0. The fourth-order valence-electron chi connectivity index (χ4n) is 5.01. The predicted octanol–water partition coefficient (Wildman–Crippen LogP) is 6.17. The molecular weight excluding hydrogens is 632 g/mol. The van der Waals surface area contributed by atoms with Crippen LogP contribution in [0.1, 0.15) is 50.2 Å². The van der Waals surface area contributed by atoms with Crippen molar-refractivity contribution in [1.82, 2.24) is 0 Å². The number of hydrogen-bond acceptors (Lipinski definition) is 10. The summed E-state index contributed by atoms with van der Waals surface area (Å²) in [5, 5.41) is 22.2. The van der Waals surface area contributed by atoms with Gasteiger partial charge in [-0.15, -0.1) is 0 Å². The molecular formula is C37H54O10Si. The third kappa shape index (κ3) is 12.8. The molecule has 2 unspecified atom stereocenters. The van der Waals surface area contributed by atoms with E-state index in [0.29, 0.717) is 48.9 Å². The second-order valence-electron chi connectivity index (χ2n) is 13.5. The van der Waals surface area contributed by atoms with E-state index >= 15 is 0 Å². The highest BCUT2D eigenvalue weighted by atomic mass is 28.3. The summed E-state index contributed by atoms with van der Waals surface area (Å²) in [6, 6.07) is 12.1. The highest BCUT2D eigenvalue weighted by molar-refractivity contribution is 6.76. The fourth-order valence-corrected chi connectivity index (χ4v) is 5.74. The molecule has 2 aromatic rings. The SMILES string of the molecule is COCOc1cc(OC)cc(C=CC[C@@H]2OC(C)(C)O[C@@H]2C(O)C#C[C@H](C)COCc2ccc(OC)cc2)c1C(O)OCC[Si](C)(C)C. The van der Waals surface area contributed by atoms with Crippen molar-refractivity contribution < 1.29 is 48.1 Å². The molecule has 11 heteroatoms. The molecule has 1 heterocycles. The van der Waals surface area contributed by atoms with Gasteiger partial charge >= 0.3 is 0 Å². The Morgan fingerprint density at radius 2 is 1.69 bits per heavy atom. The summed E-state index contributed by atoms with van der Waals surface area (Å²) in [7, 11) is 3.36. The van der Waals surface area contributed by atoms with Gasteiger partial charge < -0.3 is 48.1 Å². The summed E-state index contributed by atoms with van der Waals surface area (Å²) in [4.78, 5) is 0. The van der Waals surface area contributed by atoms with Gasteiger partial charge in [-0.25, -0.2) is 0 Å². The van der Waals surface area contributed by atoms with Crippen molar-refractivity contribution in [2.45, 2.75) is 89.9 Å². The van der Waals surface area contributed by atoms with Crippen molar-refractivity contribution in [3.63, 3.8) is 0 Å². The largest absolute Gasteiger partial charge is 0.497 e. The first-order chi connectivity index (χ1) is 22.7. The number of ether oxygens (including phenoxy) is 8. The molecule has 1 aliphatic rings. The Labute approximate surface area is 287 Å². The summed E-state index contributed by atoms with van der Waals surface area (Å²) in [6.07, 6.45) is 0.724. The highest BCUT2D eigenvalue weighted by Crippen LogP contribution is 2.36. The maximum atomic E-state index is 11.2. The molecule has 0 saturated carbocycles. The number of methoxy groups -OCH3 is 3. The standard InChI is InChI=1S/C37H54O10Si/c1-26(23-43-24-27-14-16-29(41-5)17-15-27)13-18-31(38)35-32(46-37(2,3)47-35)12-10-11-28-21-30(42-6)22-33(45-25-40-4)34(28)36(39)44-19-20-48(7,8)9/h10-11,14-17,21-22,26,31-32,35-36,38-39H,12,19-20,23-25H2,1-9H3/t26-,31?,32-,35+,36?/m0/s1. The Morgan fingerprint density at radius 1 is 0.979 bits per heavy atom. The van der Waals surface area contributed by atoms with Crippen molar-refractivity contribution in [2.75, 3.05) is 41.3 Å². The molecule has 1 aliphatic heterocycles. The van der Waals surface area contributed by atoms with E-state index in [1.807, 2.05) is 63.3 Å². The first kappa shape index (κ1) is 39.5. The van der Waals surface area contributed by atoms with Crippen LogP contribution in [0.3, 0.4) is 0 Å². The van der Waals surface area contributed by atoms with Crippen LogP contribution in [-0.4, -0.2) is 83.7 Å². The molecule has 3 rings (SSSR count). The summed E-state index contributed by atoms with van der Waals surface area (Å²) in [5.41, 5.74) is 2.16. The topological polar surface area (TPSA) is 114 Å². The van der Waals surface area contributed by atoms with Gasteiger partial charge in [-0.1, -0.05) is 55.8 Å². The van der Waals surface area contributed by atoms with Crippen LogP contribution in [0.25, 0.3) is 6.08 Å². The second kappa shape index (κ2) is 18.7. The average Bonchev–Trinajstić information content (AvgIpc) is 3.35. The van der Waals surface area contributed by atoms with Crippen molar-refractivity contribution in [1.29, 1.82) is 0 Å². The number of hydrogen-bond donors (Lipinski definition) is 2. The summed E-state index contributed by atoms with van der Waals surface area (Å²) >= 11 is 0. The van der Waals surface area contributed by atoms with E-state index in [-0.39, 0.29) is 12.7 Å². The van der Waals surface area contributed by atoms with E-state index in [4.69, 9.17) is 37.9 Å². The van der Waals surface area contributed by atoms with Gasteiger partial charge in [0.2, 0.25) is 0 Å². The molecule has 0 amide bonds. The third-order valence-electron chi connectivity index (χ3n) is 7.56. The third-order valence-corrected chi connectivity index (χ3v) is 9.27. The number of aliphatic hydroxyl groups is 2. The zero-order valence-electron chi connectivity index (χ0n) is 29.9.